The summed E-state index contributed by atoms with van der Waals surface area (Å²) in [6.07, 6.45) is 0.374. The molecule has 0 saturated carbocycles. The Morgan fingerprint density at radius 3 is 2.25 bits per heavy atom. The molecule has 1 amide bonds. The second-order valence-corrected chi connectivity index (χ2v) is 6.41. The standard InChI is InChI=1S/C18H23BN2O3/c1-18(2,14-6-4-3-5-7-14)21-17(22)16(20)12-13-8-10-15(11-9-13)19(23)24/h3-11,16,23-24H,12,20H2,1-2H3,(H,21,22)/t16-/m0/s1. The Hall–Kier alpha value is -2.15. The first kappa shape index (κ1) is 18.2. The number of carbonyl (C=O) groups is 1. The Morgan fingerprint density at radius 1 is 1.12 bits per heavy atom. The molecule has 5 nitrogen and oxygen atoms in total. The van der Waals surface area contributed by atoms with Crippen LogP contribution in [0, 0.1) is 0 Å². The van der Waals surface area contributed by atoms with E-state index in [1.807, 2.05) is 44.2 Å². The number of rotatable bonds is 6. The summed E-state index contributed by atoms with van der Waals surface area (Å²) in [5.74, 6) is -0.227. The van der Waals surface area contributed by atoms with Gasteiger partial charge in [-0.25, -0.2) is 0 Å². The van der Waals surface area contributed by atoms with Gasteiger partial charge >= 0.3 is 7.12 Å². The Bertz CT molecular complexity index is 672. The summed E-state index contributed by atoms with van der Waals surface area (Å²) in [6, 6.07) is 15.7. The number of benzene rings is 2. The number of carbonyl (C=O) groups excluding carboxylic acids is 1. The largest absolute Gasteiger partial charge is 0.488 e. The molecule has 2 aromatic rings. The SMILES string of the molecule is CC(C)(NC(=O)[C@@H](N)Cc1ccc(B(O)O)cc1)c1ccccc1. The van der Waals surface area contributed by atoms with Crippen molar-refractivity contribution in [2.24, 2.45) is 5.73 Å². The lowest BCUT2D eigenvalue weighted by Crippen LogP contribution is -2.49. The molecule has 0 aromatic heterocycles. The minimum atomic E-state index is -1.50. The molecule has 2 rings (SSSR count). The fourth-order valence-electron chi connectivity index (χ4n) is 2.50. The highest BCUT2D eigenvalue weighted by Crippen LogP contribution is 2.19. The van der Waals surface area contributed by atoms with Crippen LogP contribution >= 0.6 is 0 Å². The molecular formula is C18H23BN2O3. The van der Waals surface area contributed by atoms with Gasteiger partial charge in [-0.05, 0) is 36.9 Å². The van der Waals surface area contributed by atoms with Crippen LogP contribution in [0.3, 0.4) is 0 Å². The molecule has 126 valence electrons. The molecule has 0 heterocycles. The van der Waals surface area contributed by atoms with Crippen molar-refractivity contribution in [2.45, 2.75) is 31.8 Å². The van der Waals surface area contributed by atoms with Gasteiger partial charge in [0.2, 0.25) is 5.91 Å². The maximum atomic E-state index is 12.4. The van der Waals surface area contributed by atoms with Gasteiger partial charge in [-0.15, -0.1) is 0 Å². The first-order chi connectivity index (χ1) is 11.3. The summed E-state index contributed by atoms with van der Waals surface area (Å²) < 4.78 is 0. The summed E-state index contributed by atoms with van der Waals surface area (Å²) in [5, 5.41) is 21.2. The summed E-state index contributed by atoms with van der Waals surface area (Å²) in [5.41, 5.74) is 7.78. The number of amides is 1. The topological polar surface area (TPSA) is 95.6 Å². The second kappa shape index (κ2) is 7.62. The van der Waals surface area contributed by atoms with E-state index in [4.69, 9.17) is 15.8 Å². The molecule has 0 fully saturated rings. The summed E-state index contributed by atoms with van der Waals surface area (Å²) in [7, 11) is -1.50. The maximum Gasteiger partial charge on any atom is 0.488 e. The molecule has 2 aromatic carbocycles. The molecule has 24 heavy (non-hydrogen) atoms. The Morgan fingerprint density at radius 2 is 1.71 bits per heavy atom. The molecule has 5 N–H and O–H groups in total. The van der Waals surface area contributed by atoms with Crippen molar-refractivity contribution in [1.82, 2.24) is 5.32 Å². The number of nitrogens with two attached hydrogens (primary N) is 1. The predicted molar refractivity (Wildman–Crippen MR) is 95.6 cm³/mol. The van der Waals surface area contributed by atoms with Gasteiger partial charge in [-0.3, -0.25) is 4.79 Å². The van der Waals surface area contributed by atoms with Gasteiger partial charge in [-0.1, -0.05) is 54.6 Å². The van der Waals surface area contributed by atoms with Gasteiger partial charge in [-0.2, -0.15) is 0 Å². The highest BCUT2D eigenvalue weighted by Gasteiger charge is 2.25. The van der Waals surface area contributed by atoms with Gasteiger partial charge in [0, 0.05) is 0 Å². The van der Waals surface area contributed by atoms with Crippen LogP contribution in [0.25, 0.3) is 0 Å². The Balaban J connectivity index is 1.99. The van der Waals surface area contributed by atoms with E-state index in [2.05, 4.69) is 5.32 Å². The van der Waals surface area contributed by atoms with E-state index in [0.29, 0.717) is 11.9 Å². The summed E-state index contributed by atoms with van der Waals surface area (Å²) in [4.78, 5) is 12.4. The highest BCUT2D eigenvalue weighted by atomic mass is 16.4. The van der Waals surface area contributed by atoms with E-state index in [-0.39, 0.29) is 5.91 Å². The Kier molecular flexibility index (Phi) is 5.77. The lowest BCUT2D eigenvalue weighted by Gasteiger charge is -2.28. The van der Waals surface area contributed by atoms with Crippen molar-refractivity contribution >= 4 is 18.5 Å². The van der Waals surface area contributed by atoms with Crippen molar-refractivity contribution in [2.75, 3.05) is 0 Å². The Labute approximate surface area is 142 Å². The fraction of sp³-hybridized carbons (Fsp3) is 0.278. The van der Waals surface area contributed by atoms with Crippen LogP contribution in [0.15, 0.2) is 54.6 Å². The molecule has 0 spiro atoms. The van der Waals surface area contributed by atoms with E-state index in [9.17, 15) is 4.79 Å². The molecule has 6 heteroatoms. The normalized spacial score (nSPS) is 12.5. The zero-order valence-electron chi connectivity index (χ0n) is 13.9. The van der Waals surface area contributed by atoms with E-state index in [1.165, 1.54) is 0 Å². The van der Waals surface area contributed by atoms with Crippen LogP contribution in [0.5, 0.6) is 0 Å². The van der Waals surface area contributed by atoms with Gasteiger partial charge in [0.05, 0.1) is 11.6 Å². The monoisotopic (exact) mass is 326 g/mol. The molecular weight excluding hydrogens is 303 g/mol. The van der Waals surface area contributed by atoms with Crippen LogP contribution in [0.1, 0.15) is 25.0 Å². The molecule has 0 aliphatic rings. The average molecular weight is 326 g/mol. The van der Waals surface area contributed by atoms with Gasteiger partial charge < -0.3 is 21.1 Å². The number of hydrogen-bond donors (Lipinski definition) is 4. The summed E-state index contributed by atoms with van der Waals surface area (Å²) in [6.45, 7) is 3.87. The van der Waals surface area contributed by atoms with Gasteiger partial charge in [0.1, 0.15) is 0 Å². The lowest BCUT2D eigenvalue weighted by atomic mass is 9.80. The molecule has 0 saturated heterocycles. The van der Waals surface area contributed by atoms with Crippen LogP contribution in [0.2, 0.25) is 0 Å². The van der Waals surface area contributed by atoms with E-state index in [1.54, 1.807) is 24.3 Å². The first-order valence-corrected chi connectivity index (χ1v) is 7.88. The van der Waals surface area contributed by atoms with E-state index >= 15 is 0 Å². The van der Waals surface area contributed by atoms with Crippen molar-refractivity contribution < 1.29 is 14.8 Å². The zero-order valence-corrected chi connectivity index (χ0v) is 13.9. The highest BCUT2D eigenvalue weighted by molar-refractivity contribution is 6.58. The summed E-state index contributed by atoms with van der Waals surface area (Å²) >= 11 is 0. The minimum absolute atomic E-state index is 0.227. The van der Waals surface area contributed by atoms with Crippen molar-refractivity contribution in [3.63, 3.8) is 0 Å². The molecule has 0 aliphatic carbocycles. The smallest absolute Gasteiger partial charge is 0.423 e. The first-order valence-electron chi connectivity index (χ1n) is 7.88. The van der Waals surface area contributed by atoms with Crippen molar-refractivity contribution in [3.05, 3.63) is 65.7 Å². The molecule has 0 bridgehead atoms. The lowest BCUT2D eigenvalue weighted by molar-refractivity contribution is -0.124. The van der Waals surface area contributed by atoms with Gasteiger partial charge in [0.15, 0.2) is 0 Å². The zero-order chi connectivity index (χ0) is 17.7. The van der Waals surface area contributed by atoms with Crippen LogP contribution < -0.4 is 16.5 Å². The van der Waals surface area contributed by atoms with Crippen LogP contribution in [0.4, 0.5) is 0 Å². The van der Waals surface area contributed by atoms with Crippen LogP contribution in [-0.4, -0.2) is 29.1 Å². The predicted octanol–water partition coefficient (Wildman–Crippen LogP) is 0.288. The number of nitrogens with one attached hydrogen (secondary N) is 1. The maximum absolute atomic E-state index is 12.4. The van der Waals surface area contributed by atoms with Crippen molar-refractivity contribution in [3.8, 4) is 0 Å². The fourth-order valence-corrected chi connectivity index (χ4v) is 2.50. The molecule has 0 aliphatic heterocycles. The third-order valence-electron chi connectivity index (χ3n) is 4.00. The third kappa shape index (κ3) is 4.68. The van der Waals surface area contributed by atoms with E-state index < -0.39 is 18.7 Å². The van der Waals surface area contributed by atoms with Crippen molar-refractivity contribution in [1.29, 1.82) is 0 Å². The number of hydrogen-bond acceptors (Lipinski definition) is 4. The molecule has 0 radical (unpaired) electrons. The second-order valence-electron chi connectivity index (χ2n) is 6.41. The minimum Gasteiger partial charge on any atom is -0.423 e. The quantitative estimate of drug-likeness (QED) is 0.574. The van der Waals surface area contributed by atoms with Crippen LogP contribution in [-0.2, 0) is 16.8 Å². The third-order valence-corrected chi connectivity index (χ3v) is 4.00. The molecule has 1 atom stereocenters. The van der Waals surface area contributed by atoms with Gasteiger partial charge in [0.25, 0.3) is 0 Å². The average Bonchev–Trinajstić information content (AvgIpc) is 2.55. The molecule has 0 unspecified atom stereocenters. The van der Waals surface area contributed by atoms with E-state index in [0.717, 1.165) is 11.1 Å².